The first-order valence-electron chi connectivity index (χ1n) is 5.68. The molecule has 0 N–H and O–H groups in total. The number of hydrogen-bond acceptors (Lipinski definition) is 6. The van der Waals surface area contributed by atoms with Gasteiger partial charge in [0.15, 0.2) is 11.0 Å². The third kappa shape index (κ3) is 2.82. The highest BCUT2D eigenvalue weighted by atomic mass is 32.2. The Hall–Kier alpha value is -1.34. The van der Waals surface area contributed by atoms with E-state index >= 15 is 0 Å². The quantitative estimate of drug-likeness (QED) is 0.641. The van der Waals surface area contributed by atoms with Crippen molar-refractivity contribution < 1.29 is 9.53 Å². The number of thiophene rings is 1. The highest BCUT2D eigenvalue weighted by Crippen LogP contribution is 2.30. The Morgan fingerprint density at radius 3 is 2.79 bits per heavy atom. The van der Waals surface area contributed by atoms with E-state index in [1.165, 1.54) is 29.3 Å². The summed E-state index contributed by atoms with van der Waals surface area (Å²) in [5.74, 6) is 0.802. The van der Waals surface area contributed by atoms with Crippen LogP contribution in [0.2, 0.25) is 0 Å². The fraction of sp³-hybridized carbons (Fsp3) is 0.417. The Bertz CT molecular complexity index is 604. The Labute approximate surface area is 120 Å². The van der Waals surface area contributed by atoms with Crippen LogP contribution in [-0.4, -0.2) is 33.6 Å². The molecule has 2 aromatic heterocycles. The summed E-state index contributed by atoms with van der Waals surface area (Å²) in [7, 11) is 3.28. The lowest BCUT2D eigenvalue weighted by molar-refractivity contribution is -0.137. The van der Waals surface area contributed by atoms with Crippen LogP contribution in [0.15, 0.2) is 10.5 Å². The molecule has 0 aliphatic heterocycles. The second-order valence-corrected chi connectivity index (χ2v) is 6.09. The number of thioether (sulfide) groups is 1. The molecule has 7 heteroatoms. The number of hydrogen-bond donors (Lipinski definition) is 0. The van der Waals surface area contributed by atoms with Crippen molar-refractivity contribution >= 4 is 29.1 Å². The van der Waals surface area contributed by atoms with Crippen molar-refractivity contribution in [3.05, 3.63) is 15.8 Å². The fourth-order valence-electron chi connectivity index (χ4n) is 1.59. The monoisotopic (exact) mass is 297 g/mol. The van der Waals surface area contributed by atoms with Crippen molar-refractivity contribution in [2.24, 2.45) is 7.05 Å². The van der Waals surface area contributed by atoms with Crippen molar-refractivity contribution in [1.29, 1.82) is 0 Å². The predicted octanol–water partition coefficient (Wildman–Crippen LogP) is 2.43. The summed E-state index contributed by atoms with van der Waals surface area (Å²) in [6.45, 7) is 4.17. The minimum Gasteiger partial charge on any atom is -0.468 e. The molecule has 0 amide bonds. The lowest BCUT2D eigenvalue weighted by Crippen LogP contribution is -2.04. The van der Waals surface area contributed by atoms with Crippen molar-refractivity contribution in [3.63, 3.8) is 0 Å². The molecule has 0 spiro atoms. The van der Waals surface area contributed by atoms with Gasteiger partial charge in [-0.2, -0.15) is 0 Å². The number of ether oxygens (including phenoxy) is 1. The second-order valence-electron chi connectivity index (χ2n) is 4.06. The van der Waals surface area contributed by atoms with Gasteiger partial charge in [-0.15, -0.1) is 21.5 Å². The maximum Gasteiger partial charge on any atom is 0.316 e. The van der Waals surface area contributed by atoms with Crippen LogP contribution in [0.1, 0.15) is 10.4 Å². The van der Waals surface area contributed by atoms with Crippen LogP contribution < -0.4 is 0 Å². The molecule has 0 aromatic carbocycles. The van der Waals surface area contributed by atoms with E-state index in [-0.39, 0.29) is 11.7 Å². The van der Waals surface area contributed by atoms with Crippen molar-refractivity contribution in [3.8, 4) is 11.4 Å². The highest BCUT2D eigenvalue weighted by molar-refractivity contribution is 7.99. The maximum atomic E-state index is 11.1. The third-order valence-corrected chi connectivity index (χ3v) is 4.92. The Morgan fingerprint density at radius 1 is 1.47 bits per heavy atom. The zero-order chi connectivity index (χ0) is 14.0. The number of nitrogens with zero attached hydrogens (tertiary/aromatic N) is 3. The molecule has 0 radical (unpaired) electrons. The van der Waals surface area contributed by atoms with Gasteiger partial charge in [-0.1, -0.05) is 11.8 Å². The van der Waals surface area contributed by atoms with Crippen molar-refractivity contribution in [2.75, 3.05) is 12.9 Å². The molecule has 0 aliphatic carbocycles. The predicted molar refractivity (Wildman–Crippen MR) is 76.5 cm³/mol. The molecule has 0 unspecified atom stereocenters. The molecule has 0 saturated heterocycles. The van der Waals surface area contributed by atoms with Gasteiger partial charge in [-0.05, 0) is 19.4 Å². The fourth-order valence-corrected chi connectivity index (χ4v) is 3.20. The standard InChI is InChI=1S/C12H15N3O2S2/c1-7-8(2)18-5-9(7)11-13-14-12(15(11)3)19-6-10(16)17-4/h5H,6H2,1-4H3. The van der Waals surface area contributed by atoms with Gasteiger partial charge in [-0.25, -0.2) is 0 Å². The highest BCUT2D eigenvalue weighted by Gasteiger charge is 2.16. The van der Waals surface area contributed by atoms with Crippen molar-refractivity contribution in [1.82, 2.24) is 14.8 Å². The second kappa shape index (κ2) is 5.75. The number of aryl methyl sites for hydroxylation is 1. The largest absolute Gasteiger partial charge is 0.468 e. The molecule has 2 rings (SSSR count). The first kappa shape index (κ1) is 14.1. The maximum absolute atomic E-state index is 11.1. The molecule has 0 aliphatic rings. The van der Waals surface area contributed by atoms with E-state index in [4.69, 9.17) is 0 Å². The molecule has 0 atom stereocenters. The van der Waals surface area contributed by atoms with Crippen LogP contribution in [0.4, 0.5) is 0 Å². The molecular weight excluding hydrogens is 282 g/mol. The topological polar surface area (TPSA) is 57.0 Å². The summed E-state index contributed by atoms with van der Waals surface area (Å²) in [4.78, 5) is 12.4. The average molecular weight is 297 g/mol. The van der Waals surface area contributed by atoms with Gasteiger partial charge in [0.05, 0.1) is 12.9 Å². The SMILES string of the molecule is COC(=O)CSc1nnc(-c2csc(C)c2C)n1C. The molecule has 19 heavy (non-hydrogen) atoms. The Kier molecular flexibility index (Phi) is 4.26. The normalized spacial score (nSPS) is 10.7. The molecule has 0 fully saturated rings. The van der Waals surface area contributed by atoms with E-state index in [0.717, 1.165) is 11.4 Å². The zero-order valence-corrected chi connectivity index (χ0v) is 12.9. The Morgan fingerprint density at radius 2 is 2.21 bits per heavy atom. The van der Waals surface area contributed by atoms with Crippen LogP contribution in [0.25, 0.3) is 11.4 Å². The van der Waals surface area contributed by atoms with Crippen LogP contribution >= 0.6 is 23.1 Å². The Balaban J connectivity index is 2.23. The number of esters is 1. The van der Waals surface area contributed by atoms with E-state index in [0.29, 0.717) is 5.16 Å². The van der Waals surface area contributed by atoms with E-state index in [2.05, 4.69) is 34.2 Å². The molecule has 2 aromatic rings. The zero-order valence-electron chi connectivity index (χ0n) is 11.3. The van der Waals surface area contributed by atoms with Crippen LogP contribution in [0.5, 0.6) is 0 Å². The molecule has 5 nitrogen and oxygen atoms in total. The third-order valence-electron chi connectivity index (χ3n) is 2.91. The van der Waals surface area contributed by atoms with Crippen LogP contribution in [0, 0.1) is 13.8 Å². The van der Waals surface area contributed by atoms with E-state index < -0.39 is 0 Å². The lowest BCUT2D eigenvalue weighted by Gasteiger charge is -2.03. The summed E-state index contributed by atoms with van der Waals surface area (Å²) in [6.07, 6.45) is 0. The smallest absolute Gasteiger partial charge is 0.316 e. The summed E-state index contributed by atoms with van der Waals surface area (Å²) < 4.78 is 6.52. The molecule has 0 saturated carbocycles. The average Bonchev–Trinajstić information content (AvgIpc) is 2.92. The first-order chi connectivity index (χ1) is 9.04. The lowest BCUT2D eigenvalue weighted by atomic mass is 10.2. The van der Waals surface area contributed by atoms with Gasteiger partial charge in [0.1, 0.15) is 0 Å². The summed E-state index contributed by atoms with van der Waals surface area (Å²) in [6, 6.07) is 0. The van der Waals surface area contributed by atoms with Gasteiger partial charge >= 0.3 is 5.97 Å². The van der Waals surface area contributed by atoms with Crippen LogP contribution in [0.3, 0.4) is 0 Å². The van der Waals surface area contributed by atoms with Gasteiger partial charge in [0.2, 0.25) is 0 Å². The van der Waals surface area contributed by atoms with Gasteiger partial charge < -0.3 is 9.30 Å². The number of carbonyl (C=O) groups excluding carboxylic acids is 1. The minimum absolute atomic E-state index is 0.240. The summed E-state index contributed by atoms with van der Waals surface area (Å²) in [5.41, 5.74) is 2.33. The molecular formula is C12H15N3O2S2. The summed E-state index contributed by atoms with van der Waals surface area (Å²) >= 11 is 3.03. The van der Waals surface area contributed by atoms with Gasteiger partial charge in [0, 0.05) is 22.9 Å². The van der Waals surface area contributed by atoms with E-state index in [9.17, 15) is 4.79 Å². The minimum atomic E-state index is -0.267. The number of carbonyl (C=O) groups is 1. The number of aromatic nitrogens is 3. The van der Waals surface area contributed by atoms with Gasteiger partial charge in [-0.3, -0.25) is 4.79 Å². The van der Waals surface area contributed by atoms with Crippen molar-refractivity contribution in [2.45, 2.75) is 19.0 Å². The first-order valence-corrected chi connectivity index (χ1v) is 7.55. The number of methoxy groups -OCH3 is 1. The summed E-state index contributed by atoms with van der Waals surface area (Å²) in [5, 5.41) is 11.1. The van der Waals surface area contributed by atoms with Crippen LogP contribution in [-0.2, 0) is 16.6 Å². The van der Waals surface area contributed by atoms with E-state index in [1.54, 1.807) is 11.3 Å². The molecule has 2 heterocycles. The number of rotatable bonds is 4. The van der Waals surface area contributed by atoms with E-state index in [1.807, 2.05) is 11.6 Å². The van der Waals surface area contributed by atoms with Gasteiger partial charge in [0.25, 0.3) is 0 Å². The molecule has 0 bridgehead atoms. The molecule has 102 valence electrons.